The van der Waals surface area contributed by atoms with Crippen LogP contribution in [0.3, 0.4) is 0 Å². The number of likely N-dealkylation sites (N-methyl/N-ethyl adjacent to an activating group) is 1. The van der Waals surface area contributed by atoms with Crippen LogP contribution in [0, 0.1) is 0 Å². The Morgan fingerprint density at radius 1 is 0.941 bits per heavy atom. The minimum atomic E-state index is -0.619. The zero-order valence-corrected chi connectivity index (χ0v) is 19.2. The molecule has 7 heteroatoms. The number of aromatic nitrogens is 1. The molecule has 3 aromatic carbocycles. The average Bonchev–Trinajstić information content (AvgIpc) is 3.29. The first kappa shape index (κ1) is 21.6. The predicted molar refractivity (Wildman–Crippen MR) is 130 cm³/mol. The van der Waals surface area contributed by atoms with Gasteiger partial charge in [0, 0.05) is 47.0 Å². The van der Waals surface area contributed by atoms with Gasteiger partial charge in [0.05, 0.1) is 26.2 Å². The lowest BCUT2D eigenvalue weighted by atomic mass is 9.79. The molecule has 5 rings (SSSR count). The number of carbonyl (C=O) groups excluding carboxylic acids is 2. The number of benzene rings is 3. The highest BCUT2D eigenvalue weighted by molar-refractivity contribution is 6.05. The molecule has 0 bridgehead atoms. The van der Waals surface area contributed by atoms with Crippen LogP contribution >= 0.6 is 0 Å². The van der Waals surface area contributed by atoms with Gasteiger partial charge in [-0.2, -0.15) is 0 Å². The van der Waals surface area contributed by atoms with Crippen LogP contribution in [-0.4, -0.2) is 43.0 Å². The summed E-state index contributed by atoms with van der Waals surface area (Å²) in [6.45, 7) is 0. The van der Waals surface area contributed by atoms with E-state index in [4.69, 9.17) is 9.47 Å². The Morgan fingerprint density at radius 3 is 2.47 bits per heavy atom. The van der Waals surface area contributed by atoms with Gasteiger partial charge in [0.2, 0.25) is 5.91 Å². The molecule has 0 saturated carbocycles. The largest absolute Gasteiger partial charge is 0.493 e. The van der Waals surface area contributed by atoms with E-state index in [-0.39, 0.29) is 11.8 Å². The van der Waals surface area contributed by atoms with Crippen molar-refractivity contribution in [2.75, 3.05) is 26.6 Å². The third-order valence-corrected chi connectivity index (χ3v) is 6.45. The molecule has 2 heterocycles. The number of para-hydroxylation sites is 1. The molecule has 0 radical (unpaired) electrons. The zero-order chi connectivity index (χ0) is 23.8. The molecule has 172 valence electrons. The van der Waals surface area contributed by atoms with Crippen LogP contribution in [0.4, 0.5) is 5.69 Å². The summed E-state index contributed by atoms with van der Waals surface area (Å²) >= 11 is 0. The summed E-state index contributed by atoms with van der Waals surface area (Å²) in [5, 5.41) is 4.01. The standard InChI is InChI=1S/C27H25N3O4/c1-30-25(20-15-28-21-11-7-6-8-17(20)21)24(18-9-4-5-10-19(18)27(30)32)26(31)29-16-12-13-22(33-2)23(14-16)34-3/h4-15,24-25,28H,1-3H3,(H,29,31). The van der Waals surface area contributed by atoms with E-state index in [1.54, 1.807) is 50.4 Å². The number of hydrogen-bond donors (Lipinski definition) is 2. The minimum Gasteiger partial charge on any atom is -0.493 e. The van der Waals surface area contributed by atoms with Crippen LogP contribution in [0.2, 0.25) is 0 Å². The van der Waals surface area contributed by atoms with Gasteiger partial charge >= 0.3 is 0 Å². The van der Waals surface area contributed by atoms with Crippen molar-refractivity contribution < 1.29 is 19.1 Å². The molecule has 0 saturated heterocycles. The van der Waals surface area contributed by atoms with Crippen LogP contribution < -0.4 is 14.8 Å². The van der Waals surface area contributed by atoms with Crippen molar-refractivity contribution >= 4 is 28.4 Å². The summed E-state index contributed by atoms with van der Waals surface area (Å²) in [7, 11) is 4.86. The van der Waals surface area contributed by atoms with Crippen molar-refractivity contribution in [2.24, 2.45) is 0 Å². The Labute approximate surface area is 197 Å². The van der Waals surface area contributed by atoms with E-state index < -0.39 is 12.0 Å². The first-order valence-corrected chi connectivity index (χ1v) is 11.0. The molecule has 1 aliphatic heterocycles. The fourth-order valence-electron chi connectivity index (χ4n) is 4.82. The highest BCUT2D eigenvalue weighted by Crippen LogP contribution is 2.44. The maximum absolute atomic E-state index is 13.8. The number of rotatable bonds is 5. The smallest absolute Gasteiger partial charge is 0.254 e. The number of nitrogens with one attached hydrogen (secondary N) is 2. The fourth-order valence-corrected chi connectivity index (χ4v) is 4.82. The van der Waals surface area contributed by atoms with E-state index in [9.17, 15) is 9.59 Å². The van der Waals surface area contributed by atoms with Gasteiger partial charge in [0.25, 0.3) is 5.91 Å². The maximum atomic E-state index is 13.8. The maximum Gasteiger partial charge on any atom is 0.254 e. The molecule has 0 fully saturated rings. The van der Waals surface area contributed by atoms with Gasteiger partial charge < -0.3 is 24.7 Å². The first-order chi connectivity index (χ1) is 16.5. The quantitative estimate of drug-likeness (QED) is 0.456. The number of amides is 2. The number of ether oxygens (including phenoxy) is 2. The topological polar surface area (TPSA) is 83.7 Å². The number of anilines is 1. The fraction of sp³-hybridized carbons (Fsp3) is 0.185. The SMILES string of the molecule is COc1ccc(NC(=O)C2c3ccccc3C(=O)N(C)C2c2c[nH]c3ccccc23)cc1OC. The van der Waals surface area contributed by atoms with Crippen LogP contribution in [0.1, 0.15) is 33.4 Å². The third kappa shape index (κ3) is 3.46. The second kappa shape index (κ2) is 8.59. The summed E-state index contributed by atoms with van der Waals surface area (Å²) in [4.78, 5) is 32.1. The molecule has 0 spiro atoms. The summed E-state index contributed by atoms with van der Waals surface area (Å²) < 4.78 is 10.7. The van der Waals surface area contributed by atoms with Gasteiger partial charge in [-0.25, -0.2) is 0 Å². The summed E-state index contributed by atoms with van der Waals surface area (Å²) in [5.41, 5.74) is 3.68. The average molecular weight is 456 g/mol. The Balaban J connectivity index is 1.61. The lowest BCUT2D eigenvalue weighted by Crippen LogP contribution is -2.44. The summed E-state index contributed by atoms with van der Waals surface area (Å²) in [5.74, 6) is 0.150. The predicted octanol–water partition coefficient (Wildman–Crippen LogP) is 4.73. The van der Waals surface area contributed by atoms with E-state index >= 15 is 0 Å². The number of nitrogens with zero attached hydrogens (tertiary/aromatic N) is 1. The third-order valence-electron chi connectivity index (χ3n) is 6.45. The Kier molecular flexibility index (Phi) is 5.45. The van der Waals surface area contributed by atoms with Crippen molar-refractivity contribution in [3.63, 3.8) is 0 Å². The minimum absolute atomic E-state index is 0.110. The number of H-pyrrole nitrogens is 1. The monoisotopic (exact) mass is 455 g/mol. The first-order valence-electron chi connectivity index (χ1n) is 11.0. The number of hydrogen-bond acceptors (Lipinski definition) is 4. The molecule has 7 nitrogen and oxygen atoms in total. The van der Waals surface area contributed by atoms with Gasteiger partial charge in [-0.1, -0.05) is 36.4 Å². The second-order valence-corrected chi connectivity index (χ2v) is 8.27. The lowest BCUT2D eigenvalue weighted by Gasteiger charge is -2.39. The number of methoxy groups -OCH3 is 2. The van der Waals surface area contributed by atoms with Crippen LogP contribution in [0.25, 0.3) is 10.9 Å². The molecule has 2 amide bonds. The second-order valence-electron chi connectivity index (χ2n) is 8.27. The van der Waals surface area contributed by atoms with Crippen LogP contribution in [0.15, 0.2) is 72.9 Å². The van der Waals surface area contributed by atoms with Crippen molar-refractivity contribution in [3.8, 4) is 11.5 Å². The molecule has 2 unspecified atom stereocenters. The molecule has 1 aliphatic rings. The molecular weight excluding hydrogens is 430 g/mol. The number of aromatic amines is 1. The van der Waals surface area contributed by atoms with E-state index in [0.717, 1.165) is 16.5 Å². The van der Waals surface area contributed by atoms with Crippen LogP contribution in [-0.2, 0) is 4.79 Å². The Hall–Kier alpha value is -4.26. The number of carbonyl (C=O) groups is 2. The van der Waals surface area contributed by atoms with E-state index in [2.05, 4.69) is 10.3 Å². The molecule has 34 heavy (non-hydrogen) atoms. The van der Waals surface area contributed by atoms with Crippen molar-refractivity contribution in [1.82, 2.24) is 9.88 Å². The highest BCUT2D eigenvalue weighted by Gasteiger charge is 2.43. The zero-order valence-electron chi connectivity index (χ0n) is 19.2. The van der Waals surface area contributed by atoms with Gasteiger partial charge in [0.15, 0.2) is 11.5 Å². The van der Waals surface area contributed by atoms with E-state index in [1.807, 2.05) is 48.7 Å². The van der Waals surface area contributed by atoms with Gasteiger partial charge in [-0.15, -0.1) is 0 Å². The molecule has 4 aromatic rings. The molecular formula is C27H25N3O4. The Morgan fingerprint density at radius 2 is 1.68 bits per heavy atom. The van der Waals surface area contributed by atoms with Gasteiger partial charge in [-0.3, -0.25) is 9.59 Å². The van der Waals surface area contributed by atoms with Crippen molar-refractivity contribution in [1.29, 1.82) is 0 Å². The van der Waals surface area contributed by atoms with Crippen LogP contribution in [0.5, 0.6) is 11.5 Å². The van der Waals surface area contributed by atoms with Crippen molar-refractivity contribution in [3.05, 3.63) is 89.6 Å². The van der Waals surface area contributed by atoms with E-state index in [0.29, 0.717) is 28.3 Å². The molecule has 0 aliphatic carbocycles. The summed E-state index contributed by atoms with van der Waals surface area (Å²) in [6.07, 6.45) is 1.89. The highest BCUT2D eigenvalue weighted by atomic mass is 16.5. The number of fused-ring (bicyclic) bond motifs is 2. The van der Waals surface area contributed by atoms with Gasteiger partial charge in [0.1, 0.15) is 0 Å². The van der Waals surface area contributed by atoms with E-state index in [1.165, 1.54) is 0 Å². The van der Waals surface area contributed by atoms with Gasteiger partial charge in [-0.05, 0) is 29.8 Å². The molecule has 2 atom stereocenters. The lowest BCUT2D eigenvalue weighted by molar-refractivity contribution is -0.119. The normalized spacial score (nSPS) is 17.4. The molecule has 2 N–H and O–H groups in total. The van der Waals surface area contributed by atoms with Crippen molar-refractivity contribution in [2.45, 2.75) is 12.0 Å². The summed E-state index contributed by atoms with van der Waals surface area (Å²) in [6, 6.07) is 20.0. The molecule has 1 aromatic heterocycles. The Bertz CT molecular complexity index is 1390.